The van der Waals surface area contributed by atoms with Crippen molar-refractivity contribution in [1.82, 2.24) is 9.97 Å². The van der Waals surface area contributed by atoms with Crippen LogP contribution in [0.1, 0.15) is 76.0 Å². The van der Waals surface area contributed by atoms with Crippen LogP contribution in [0.2, 0.25) is 0 Å². The molecule has 0 fully saturated rings. The molecule has 5 nitrogen and oxygen atoms in total. The molecule has 37 heavy (non-hydrogen) atoms. The first-order valence-electron chi connectivity index (χ1n) is 12.0. The quantitative estimate of drug-likeness (QED) is 0.343. The predicted octanol–water partition coefficient (Wildman–Crippen LogP) is 7.19. The Kier molecular flexibility index (Phi) is 13.3. The highest BCUT2D eigenvalue weighted by molar-refractivity contribution is 9.10. The van der Waals surface area contributed by atoms with E-state index in [1.807, 2.05) is 42.6 Å². The van der Waals surface area contributed by atoms with Crippen LogP contribution >= 0.6 is 15.9 Å². The number of aryl methyl sites for hydroxylation is 1. The van der Waals surface area contributed by atoms with Crippen LogP contribution in [-0.2, 0) is 13.0 Å². The Morgan fingerprint density at radius 2 is 1.46 bits per heavy atom. The third kappa shape index (κ3) is 15.3. The molecule has 3 rings (SSSR count). The molecular formula is C31H36BrN5. The Bertz CT molecular complexity index is 1220. The molecule has 2 heterocycles. The summed E-state index contributed by atoms with van der Waals surface area (Å²) in [5, 5.41) is 16.9. The lowest BCUT2D eigenvalue weighted by molar-refractivity contribution is 0.378. The summed E-state index contributed by atoms with van der Waals surface area (Å²) in [6.07, 6.45) is 5.85. The fraction of sp³-hybridized carbons (Fsp3) is 0.355. The van der Waals surface area contributed by atoms with Gasteiger partial charge in [0.25, 0.3) is 0 Å². The van der Waals surface area contributed by atoms with Gasteiger partial charge in [-0.25, -0.2) is 4.98 Å². The van der Waals surface area contributed by atoms with Gasteiger partial charge in [-0.15, -0.1) is 0 Å². The maximum Gasteiger partial charge on any atom is 0.140 e. The highest BCUT2D eigenvalue weighted by atomic mass is 79.9. The van der Waals surface area contributed by atoms with Gasteiger partial charge in [0, 0.05) is 34.4 Å². The average molecular weight is 559 g/mol. The van der Waals surface area contributed by atoms with Crippen molar-refractivity contribution in [3.05, 3.63) is 93.5 Å². The Hall–Kier alpha value is -3.50. The molecule has 1 aromatic carbocycles. The lowest BCUT2D eigenvalue weighted by Crippen LogP contribution is -2.07. The first-order chi connectivity index (χ1) is 17.3. The van der Waals surface area contributed by atoms with Crippen molar-refractivity contribution in [1.29, 1.82) is 10.5 Å². The summed E-state index contributed by atoms with van der Waals surface area (Å²) in [5.74, 6) is 6.12. The first kappa shape index (κ1) is 31.5. The summed E-state index contributed by atoms with van der Waals surface area (Å²) in [6.45, 7) is 13.5. The SMILES string of the molecule is CC(C)(C)C#Cc1ccc(C#N)nc1.CC(C)(C)CCc1ccc(CN)nc1.N#Cc1ccc(Br)cc1. The summed E-state index contributed by atoms with van der Waals surface area (Å²) in [6, 6.07) is 18.8. The molecule has 0 spiro atoms. The molecule has 3 aromatic rings. The number of aromatic nitrogens is 2. The fourth-order valence-electron chi connectivity index (χ4n) is 2.56. The Morgan fingerprint density at radius 1 is 0.811 bits per heavy atom. The topological polar surface area (TPSA) is 99.4 Å². The third-order valence-electron chi connectivity index (χ3n) is 4.69. The Balaban J connectivity index is 0.000000285. The summed E-state index contributed by atoms with van der Waals surface area (Å²) in [5.41, 5.74) is 10.1. The van der Waals surface area contributed by atoms with Crippen molar-refractivity contribution in [3.8, 4) is 24.0 Å². The summed E-state index contributed by atoms with van der Waals surface area (Å²) in [7, 11) is 0. The smallest absolute Gasteiger partial charge is 0.140 e. The molecule has 0 saturated heterocycles. The van der Waals surface area contributed by atoms with Crippen LogP contribution in [0.3, 0.4) is 0 Å². The number of benzene rings is 1. The van der Waals surface area contributed by atoms with E-state index in [-0.39, 0.29) is 5.41 Å². The molecule has 0 atom stereocenters. The van der Waals surface area contributed by atoms with Crippen molar-refractivity contribution in [3.63, 3.8) is 0 Å². The van der Waals surface area contributed by atoms with E-state index in [9.17, 15) is 0 Å². The molecule has 2 aromatic heterocycles. The minimum Gasteiger partial charge on any atom is -0.325 e. The zero-order valence-electron chi connectivity index (χ0n) is 22.6. The highest BCUT2D eigenvalue weighted by Gasteiger charge is 2.09. The monoisotopic (exact) mass is 557 g/mol. The number of nitrogens with two attached hydrogens (primary N) is 1. The Labute approximate surface area is 230 Å². The molecule has 192 valence electrons. The molecule has 0 aliphatic heterocycles. The second-order valence-corrected chi connectivity index (χ2v) is 11.5. The van der Waals surface area contributed by atoms with Crippen molar-refractivity contribution in [2.45, 2.75) is 60.9 Å². The van der Waals surface area contributed by atoms with Crippen LogP contribution in [-0.4, -0.2) is 9.97 Å². The standard InChI is InChI=1S/C12H20N2.C12H12N2.C7H4BrN/c2*1-12(2,3)7-6-10-4-5-11(8-13)14-9-10;8-7-3-1-6(5-9)2-4-7/h4-5,9H,6-8,13H2,1-3H3;4-5,9H,1-3H3;1-4H. The molecule has 0 aliphatic rings. The van der Waals surface area contributed by atoms with Gasteiger partial charge in [-0.1, -0.05) is 54.6 Å². The number of rotatable bonds is 3. The first-order valence-corrected chi connectivity index (χ1v) is 12.8. The molecule has 6 heteroatoms. The van der Waals surface area contributed by atoms with Crippen LogP contribution < -0.4 is 5.73 Å². The van der Waals surface area contributed by atoms with Gasteiger partial charge in [0.2, 0.25) is 0 Å². The second kappa shape index (κ2) is 15.6. The van der Waals surface area contributed by atoms with E-state index in [0.29, 0.717) is 23.2 Å². The van der Waals surface area contributed by atoms with Crippen LogP contribution in [0.15, 0.2) is 65.4 Å². The zero-order valence-corrected chi connectivity index (χ0v) is 24.2. The molecular weight excluding hydrogens is 522 g/mol. The number of pyridine rings is 2. The van der Waals surface area contributed by atoms with E-state index in [2.05, 4.69) is 85.3 Å². The lowest BCUT2D eigenvalue weighted by atomic mass is 9.89. The Morgan fingerprint density at radius 3 is 1.89 bits per heavy atom. The predicted molar refractivity (Wildman–Crippen MR) is 154 cm³/mol. The summed E-state index contributed by atoms with van der Waals surface area (Å²) in [4.78, 5) is 8.21. The van der Waals surface area contributed by atoms with Gasteiger partial charge in [-0.3, -0.25) is 4.98 Å². The fourth-order valence-corrected chi connectivity index (χ4v) is 2.83. The largest absolute Gasteiger partial charge is 0.325 e. The van der Waals surface area contributed by atoms with Gasteiger partial charge in [0.05, 0.1) is 17.3 Å². The number of nitriles is 2. The van der Waals surface area contributed by atoms with Crippen molar-refractivity contribution < 1.29 is 0 Å². The van der Waals surface area contributed by atoms with Crippen molar-refractivity contribution >= 4 is 15.9 Å². The van der Waals surface area contributed by atoms with Crippen molar-refractivity contribution in [2.75, 3.05) is 0 Å². The van der Waals surface area contributed by atoms with E-state index < -0.39 is 0 Å². The molecule has 0 amide bonds. The molecule has 0 saturated carbocycles. The molecule has 0 bridgehead atoms. The van der Waals surface area contributed by atoms with Crippen LogP contribution in [0.4, 0.5) is 0 Å². The van der Waals surface area contributed by atoms with E-state index in [1.54, 1.807) is 24.4 Å². The van der Waals surface area contributed by atoms with Gasteiger partial charge in [-0.2, -0.15) is 10.5 Å². The van der Waals surface area contributed by atoms with Gasteiger partial charge in [0.1, 0.15) is 11.8 Å². The van der Waals surface area contributed by atoms with Crippen LogP contribution in [0, 0.1) is 45.3 Å². The molecule has 0 aliphatic carbocycles. The minimum absolute atomic E-state index is 0.00605. The zero-order chi connectivity index (χ0) is 27.9. The van der Waals surface area contributed by atoms with Gasteiger partial charge in [-0.05, 0) is 87.1 Å². The summed E-state index contributed by atoms with van der Waals surface area (Å²) < 4.78 is 1.00. The van der Waals surface area contributed by atoms with Crippen molar-refractivity contribution in [2.24, 2.45) is 16.6 Å². The second-order valence-electron chi connectivity index (χ2n) is 10.6. The van der Waals surface area contributed by atoms with E-state index in [1.165, 1.54) is 12.0 Å². The van der Waals surface area contributed by atoms with Crippen LogP contribution in [0.5, 0.6) is 0 Å². The van der Waals surface area contributed by atoms with E-state index >= 15 is 0 Å². The lowest BCUT2D eigenvalue weighted by Gasteiger charge is -2.17. The normalized spacial score (nSPS) is 10.2. The van der Waals surface area contributed by atoms with E-state index in [4.69, 9.17) is 16.3 Å². The number of hydrogen-bond donors (Lipinski definition) is 1. The van der Waals surface area contributed by atoms with E-state index in [0.717, 1.165) is 22.2 Å². The maximum absolute atomic E-state index is 8.54. The highest BCUT2D eigenvalue weighted by Crippen LogP contribution is 2.21. The molecule has 2 N–H and O–H groups in total. The number of halogens is 1. The number of nitrogens with zero attached hydrogens (tertiary/aromatic N) is 4. The molecule has 0 unspecified atom stereocenters. The number of hydrogen-bond acceptors (Lipinski definition) is 5. The minimum atomic E-state index is -0.00605. The van der Waals surface area contributed by atoms with Crippen LogP contribution in [0.25, 0.3) is 0 Å². The van der Waals surface area contributed by atoms with Gasteiger partial charge < -0.3 is 5.73 Å². The van der Waals surface area contributed by atoms with Gasteiger partial charge in [0.15, 0.2) is 0 Å². The average Bonchev–Trinajstić information content (AvgIpc) is 2.87. The van der Waals surface area contributed by atoms with Gasteiger partial charge >= 0.3 is 0 Å². The third-order valence-corrected chi connectivity index (χ3v) is 5.22. The molecule has 0 radical (unpaired) electrons. The summed E-state index contributed by atoms with van der Waals surface area (Å²) >= 11 is 3.27. The maximum atomic E-state index is 8.54.